The summed E-state index contributed by atoms with van der Waals surface area (Å²) in [7, 11) is 0. The summed E-state index contributed by atoms with van der Waals surface area (Å²) in [6.07, 6.45) is 6.82. The van der Waals surface area contributed by atoms with Crippen molar-refractivity contribution in [2.45, 2.75) is 26.2 Å². The van der Waals surface area contributed by atoms with Crippen molar-refractivity contribution in [1.29, 1.82) is 0 Å². The number of carboxylic acid groups (broad SMARTS) is 1. The van der Waals surface area contributed by atoms with Gasteiger partial charge in [0.05, 0.1) is 0 Å². The molecule has 0 aliphatic carbocycles. The molecule has 0 saturated heterocycles. The molecular weight excluding hydrogens is 224 g/mol. The van der Waals surface area contributed by atoms with Gasteiger partial charge in [-0.1, -0.05) is 68.8 Å². The third-order valence-corrected chi connectivity index (χ3v) is 2.91. The van der Waals surface area contributed by atoms with Crippen LogP contribution in [0.15, 0.2) is 48.6 Å². The zero-order valence-electron chi connectivity index (χ0n) is 10.8. The van der Waals surface area contributed by atoms with Crippen molar-refractivity contribution >= 4 is 12.0 Å². The van der Waals surface area contributed by atoms with Gasteiger partial charge in [-0.15, -0.1) is 0 Å². The summed E-state index contributed by atoms with van der Waals surface area (Å²) in [6, 6.07) is 9.88. The topological polar surface area (TPSA) is 37.3 Å². The van der Waals surface area contributed by atoms with E-state index in [4.69, 9.17) is 5.11 Å². The van der Waals surface area contributed by atoms with Crippen LogP contribution in [0.2, 0.25) is 0 Å². The second-order valence-electron chi connectivity index (χ2n) is 4.35. The minimum absolute atomic E-state index is 0.0809. The molecule has 18 heavy (non-hydrogen) atoms. The first kappa shape index (κ1) is 14.2. The Balaban J connectivity index is 2.75. The highest BCUT2D eigenvalue weighted by Gasteiger charge is 2.14. The van der Waals surface area contributed by atoms with Crippen molar-refractivity contribution in [3.05, 3.63) is 54.1 Å². The molecule has 0 fully saturated rings. The van der Waals surface area contributed by atoms with Crippen LogP contribution in [0.1, 0.15) is 31.7 Å². The Morgan fingerprint density at radius 2 is 2.06 bits per heavy atom. The first-order valence-corrected chi connectivity index (χ1v) is 6.30. The molecule has 0 bridgehead atoms. The number of hydrogen-bond acceptors (Lipinski definition) is 1. The summed E-state index contributed by atoms with van der Waals surface area (Å²) in [5, 5.41) is 9.02. The monoisotopic (exact) mass is 244 g/mol. The van der Waals surface area contributed by atoms with Crippen molar-refractivity contribution < 1.29 is 9.90 Å². The van der Waals surface area contributed by atoms with E-state index >= 15 is 0 Å². The fraction of sp³-hybridized carbons (Fsp3) is 0.312. The third-order valence-electron chi connectivity index (χ3n) is 2.91. The molecular formula is C16H20O2. The van der Waals surface area contributed by atoms with Crippen molar-refractivity contribution in [3.8, 4) is 0 Å². The van der Waals surface area contributed by atoms with E-state index in [1.54, 1.807) is 0 Å². The molecule has 1 aromatic rings. The van der Waals surface area contributed by atoms with Gasteiger partial charge in [0.2, 0.25) is 0 Å². The Kier molecular flexibility index (Phi) is 5.92. The molecule has 0 saturated carbocycles. The van der Waals surface area contributed by atoms with Crippen LogP contribution < -0.4 is 0 Å². The van der Waals surface area contributed by atoms with Gasteiger partial charge in [-0.3, -0.25) is 0 Å². The number of carbonyl (C=O) groups is 1. The molecule has 0 amide bonds. The summed E-state index contributed by atoms with van der Waals surface area (Å²) >= 11 is 0. The lowest BCUT2D eigenvalue weighted by Gasteiger charge is -2.12. The van der Waals surface area contributed by atoms with Crippen LogP contribution in [0, 0.1) is 5.92 Å². The van der Waals surface area contributed by atoms with Crippen molar-refractivity contribution in [3.63, 3.8) is 0 Å². The Labute approximate surface area is 109 Å². The van der Waals surface area contributed by atoms with Gasteiger partial charge in [0.15, 0.2) is 0 Å². The molecule has 1 rings (SSSR count). The predicted molar refractivity (Wildman–Crippen MR) is 75.3 cm³/mol. The van der Waals surface area contributed by atoms with Gasteiger partial charge in [0, 0.05) is 11.5 Å². The fourth-order valence-corrected chi connectivity index (χ4v) is 1.76. The molecule has 0 aliphatic rings. The number of rotatable bonds is 7. The fourth-order valence-electron chi connectivity index (χ4n) is 1.76. The molecule has 1 N–H and O–H groups in total. The van der Waals surface area contributed by atoms with Crippen LogP contribution >= 0.6 is 0 Å². The molecule has 0 spiro atoms. The molecule has 1 unspecified atom stereocenters. The van der Waals surface area contributed by atoms with E-state index in [-0.39, 0.29) is 11.5 Å². The van der Waals surface area contributed by atoms with E-state index in [1.165, 1.54) is 0 Å². The lowest BCUT2D eigenvalue weighted by atomic mass is 9.93. The number of hydrogen-bond donors (Lipinski definition) is 1. The molecule has 0 aromatic heterocycles. The van der Waals surface area contributed by atoms with E-state index in [1.807, 2.05) is 42.5 Å². The van der Waals surface area contributed by atoms with Gasteiger partial charge in [0.25, 0.3) is 0 Å². The maximum atomic E-state index is 11.0. The third kappa shape index (κ3) is 4.58. The van der Waals surface area contributed by atoms with Gasteiger partial charge in [0.1, 0.15) is 0 Å². The van der Waals surface area contributed by atoms with Crippen molar-refractivity contribution in [2.24, 2.45) is 5.92 Å². The highest BCUT2D eigenvalue weighted by atomic mass is 16.4. The number of allylic oxidation sites excluding steroid dienone is 1. The van der Waals surface area contributed by atoms with E-state index < -0.39 is 5.97 Å². The largest absolute Gasteiger partial charge is 0.478 e. The smallest absolute Gasteiger partial charge is 0.331 e. The highest BCUT2D eigenvalue weighted by Crippen LogP contribution is 2.20. The van der Waals surface area contributed by atoms with E-state index in [0.717, 1.165) is 24.8 Å². The average Bonchev–Trinajstić information content (AvgIpc) is 2.39. The second-order valence-corrected chi connectivity index (χ2v) is 4.35. The normalized spacial score (nSPS) is 12.5. The predicted octanol–water partition coefficient (Wildman–Crippen LogP) is 4.15. The molecule has 2 heteroatoms. The van der Waals surface area contributed by atoms with Gasteiger partial charge in [-0.2, -0.15) is 0 Å². The molecule has 1 aromatic carbocycles. The summed E-state index contributed by atoms with van der Waals surface area (Å²) in [5.41, 5.74) is 1.35. The van der Waals surface area contributed by atoms with Gasteiger partial charge < -0.3 is 5.11 Å². The zero-order valence-corrected chi connectivity index (χ0v) is 10.8. The Morgan fingerprint density at radius 3 is 2.61 bits per heavy atom. The molecule has 0 aliphatic heterocycles. The lowest BCUT2D eigenvalue weighted by molar-refractivity contribution is -0.133. The number of aliphatic carboxylic acids is 1. The van der Waals surface area contributed by atoms with Crippen LogP contribution in [0.3, 0.4) is 0 Å². The molecule has 0 radical (unpaired) electrons. The Bertz CT molecular complexity index is 418. The summed E-state index contributed by atoms with van der Waals surface area (Å²) in [5.74, 6) is -0.989. The zero-order chi connectivity index (χ0) is 13.4. The first-order valence-electron chi connectivity index (χ1n) is 6.30. The SMILES string of the molecule is C=C(C(=O)O)C(C=Cc1ccccc1)CCCC. The second kappa shape index (κ2) is 7.49. The van der Waals surface area contributed by atoms with Gasteiger partial charge in [-0.25, -0.2) is 4.79 Å². The minimum atomic E-state index is -0.909. The van der Waals surface area contributed by atoms with E-state index in [2.05, 4.69) is 13.5 Å². The quantitative estimate of drug-likeness (QED) is 0.732. The number of carboxylic acids is 1. The maximum Gasteiger partial charge on any atom is 0.331 e. The van der Waals surface area contributed by atoms with Crippen LogP contribution in [0.4, 0.5) is 0 Å². The minimum Gasteiger partial charge on any atom is -0.478 e. The van der Waals surface area contributed by atoms with Crippen molar-refractivity contribution in [1.82, 2.24) is 0 Å². The van der Waals surface area contributed by atoms with Crippen LogP contribution in [0.25, 0.3) is 6.08 Å². The van der Waals surface area contributed by atoms with Crippen LogP contribution in [-0.4, -0.2) is 11.1 Å². The first-order chi connectivity index (χ1) is 8.65. The summed E-state index contributed by atoms with van der Waals surface area (Å²) in [6.45, 7) is 5.77. The molecule has 96 valence electrons. The van der Waals surface area contributed by atoms with Crippen molar-refractivity contribution in [2.75, 3.05) is 0 Å². The number of benzene rings is 1. The van der Waals surface area contributed by atoms with Gasteiger partial charge in [-0.05, 0) is 12.0 Å². The lowest BCUT2D eigenvalue weighted by Crippen LogP contribution is -2.09. The highest BCUT2D eigenvalue weighted by molar-refractivity contribution is 5.87. The Hall–Kier alpha value is -1.83. The summed E-state index contributed by atoms with van der Waals surface area (Å²) in [4.78, 5) is 11.0. The molecule has 0 heterocycles. The Morgan fingerprint density at radius 1 is 1.39 bits per heavy atom. The van der Waals surface area contributed by atoms with Crippen LogP contribution in [0.5, 0.6) is 0 Å². The number of unbranched alkanes of at least 4 members (excludes halogenated alkanes) is 1. The summed E-state index contributed by atoms with van der Waals surface area (Å²) < 4.78 is 0. The maximum absolute atomic E-state index is 11.0. The van der Waals surface area contributed by atoms with Gasteiger partial charge >= 0.3 is 5.97 Å². The molecule has 1 atom stereocenters. The van der Waals surface area contributed by atoms with E-state index in [9.17, 15) is 4.79 Å². The average molecular weight is 244 g/mol. The van der Waals surface area contributed by atoms with E-state index in [0.29, 0.717) is 0 Å². The standard InChI is InChI=1S/C16H20O2/c1-3-4-10-15(13(2)16(17)18)12-11-14-8-6-5-7-9-14/h5-9,11-12,15H,2-4,10H2,1H3,(H,17,18). The molecule has 2 nitrogen and oxygen atoms in total. The van der Waals surface area contributed by atoms with Crippen LogP contribution in [-0.2, 0) is 4.79 Å².